The second kappa shape index (κ2) is 7.89. The molecule has 1 aliphatic rings. The van der Waals surface area contributed by atoms with Crippen LogP contribution in [0.4, 0.5) is 4.79 Å². The zero-order chi connectivity index (χ0) is 17.0. The van der Waals surface area contributed by atoms with Crippen LogP contribution in [0.25, 0.3) is 0 Å². The summed E-state index contributed by atoms with van der Waals surface area (Å²) < 4.78 is 6.49. The topological polar surface area (TPSA) is 29.5 Å². The number of carbonyl (C=O) groups is 1. The minimum atomic E-state index is -0.491. The Morgan fingerprint density at radius 1 is 1.30 bits per heavy atom. The third kappa shape index (κ3) is 5.39. The van der Waals surface area contributed by atoms with Crippen LogP contribution in [0.15, 0.2) is 22.7 Å². The summed E-state index contributed by atoms with van der Waals surface area (Å²) in [6.45, 7) is 6.22. The quantitative estimate of drug-likeness (QED) is 0.605. The zero-order valence-electron chi connectivity index (χ0n) is 14.1. The van der Waals surface area contributed by atoms with E-state index in [4.69, 9.17) is 16.3 Å². The van der Waals surface area contributed by atoms with Crippen molar-refractivity contribution in [1.29, 1.82) is 0 Å². The van der Waals surface area contributed by atoms with Gasteiger partial charge in [-0.2, -0.15) is 0 Å². The average molecular weight is 403 g/mol. The Kier molecular flexibility index (Phi) is 6.38. The van der Waals surface area contributed by atoms with E-state index in [1.807, 2.05) is 43.9 Å². The molecule has 1 aromatic rings. The lowest BCUT2D eigenvalue weighted by atomic mass is 9.94. The highest BCUT2D eigenvalue weighted by atomic mass is 79.9. The van der Waals surface area contributed by atoms with Gasteiger partial charge in [0.2, 0.25) is 0 Å². The lowest BCUT2D eigenvalue weighted by Crippen LogP contribution is -2.43. The SMILES string of the molecule is CC(C)(C)OC(=O)N(Cc1cccc(Cl)c1Br)C1CCCCC1. The molecular formula is C18H25BrClNO2. The van der Waals surface area contributed by atoms with E-state index in [1.165, 1.54) is 19.3 Å². The van der Waals surface area contributed by atoms with E-state index >= 15 is 0 Å². The summed E-state index contributed by atoms with van der Waals surface area (Å²) in [5.41, 5.74) is 0.518. The van der Waals surface area contributed by atoms with E-state index < -0.39 is 5.60 Å². The van der Waals surface area contributed by atoms with Gasteiger partial charge in [0.05, 0.1) is 11.6 Å². The van der Waals surface area contributed by atoms with Crippen LogP contribution in [0.2, 0.25) is 5.02 Å². The van der Waals surface area contributed by atoms with Gasteiger partial charge in [-0.3, -0.25) is 0 Å². The summed E-state index contributed by atoms with van der Waals surface area (Å²) in [4.78, 5) is 14.6. The van der Waals surface area contributed by atoms with Crippen LogP contribution in [-0.2, 0) is 11.3 Å². The summed E-state index contributed by atoms with van der Waals surface area (Å²) in [6, 6.07) is 5.99. The summed E-state index contributed by atoms with van der Waals surface area (Å²) in [6.07, 6.45) is 5.42. The molecule has 3 nitrogen and oxygen atoms in total. The van der Waals surface area contributed by atoms with Crippen LogP contribution in [0.3, 0.4) is 0 Å². The van der Waals surface area contributed by atoms with Crippen molar-refractivity contribution in [3.05, 3.63) is 33.3 Å². The molecule has 0 atom stereocenters. The van der Waals surface area contributed by atoms with Crippen molar-refractivity contribution in [2.75, 3.05) is 0 Å². The van der Waals surface area contributed by atoms with Gasteiger partial charge in [0.25, 0.3) is 0 Å². The standard InChI is InChI=1S/C18H25BrClNO2/c1-18(2,3)23-17(22)21(14-9-5-4-6-10-14)12-13-8-7-11-15(20)16(13)19/h7-8,11,14H,4-6,9-10,12H2,1-3H3. The van der Waals surface area contributed by atoms with Crippen LogP contribution in [0.5, 0.6) is 0 Å². The van der Waals surface area contributed by atoms with Crippen LogP contribution in [-0.4, -0.2) is 22.6 Å². The lowest BCUT2D eigenvalue weighted by Gasteiger charge is -2.36. The lowest BCUT2D eigenvalue weighted by molar-refractivity contribution is 0.00984. The zero-order valence-corrected chi connectivity index (χ0v) is 16.4. The molecule has 1 amide bonds. The summed E-state index contributed by atoms with van der Waals surface area (Å²) in [5.74, 6) is 0. The first-order valence-corrected chi connectivity index (χ1v) is 9.37. The van der Waals surface area contributed by atoms with Crippen molar-refractivity contribution in [2.24, 2.45) is 0 Å². The third-order valence-corrected chi connectivity index (χ3v) is 5.50. The van der Waals surface area contributed by atoms with Crippen molar-refractivity contribution in [3.8, 4) is 0 Å². The third-order valence-electron chi connectivity index (χ3n) is 4.02. The van der Waals surface area contributed by atoms with E-state index in [9.17, 15) is 4.79 Å². The van der Waals surface area contributed by atoms with E-state index in [1.54, 1.807) is 0 Å². The van der Waals surface area contributed by atoms with Gasteiger partial charge in [0, 0.05) is 10.5 Å². The molecule has 0 radical (unpaired) electrons. The van der Waals surface area contributed by atoms with E-state index in [0.717, 1.165) is 22.9 Å². The van der Waals surface area contributed by atoms with E-state index in [0.29, 0.717) is 11.6 Å². The normalized spacial score (nSPS) is 16.2. The molecule has 0 bridgehead atoms. The highest BCUT2D eigenvalue weighted by Gasteiger charge is 2.30. The minimum absolute atomic E-state index is 0.240. The van der Waals surface area contributed by atoms with Gasteiger partial charge in [-0.25, -0.2) is 4.79 Å². The second-order valence-corrected chi connectivity index (χ2v) is 8.31. The molecule has 5 heteroatoms. The van der Waals surface area contributed by atoms with Crippen molar-refractivity contribution in [2.45, 2.75) is 71.1 Å². The number of hydrogen-bond acceptors (Lipinski definition) is 2. The largest absolute Gasteiger partial charge is 0.444 e. The number of hydrogen-bond donors (Lipinski definition) is 0. The molecule has 0 spiro atoms. The van der Waals surface area contributed by atoms with E-state index in [2.05, 4.69) is 15.9 Å². The number of benzene rings is 1. The number of halogens is 2. The van der Waals surface area contributed by atoms with Crippen LogP contribution >= 0.6 is 27.5 Å². The molecule has 0 unspecified atom stereocenters. The molecule has 128 valence electrons. The van der Waals surface area contributed by atoms with Crippen molar-refractivity contribution >= 4 is 33.6 Å². The fourth-order valence-corrected chi connectivity index (χ4v) is 3.49. The Bertz CT molecular complexity index is 550. The van der Waals surface area contributed by atoms with Gasteiger partial charge >= 0.3 is 6.09 Å². The summed E-state index contributed by atoms with van der Waals surface area (Å²) in [7, 11) is 0. The van der Waals surface area contributed by atoms with Crippen molar-refractivity contribution in [1.82, 2.24) is 4.90 Å². The highest BCUT2D eigenvalue weighted by molar-refractivity contribution is 9.10. The van der Waals surface area contributed by atoms with Gasteiger partial charge in [-0.05, 0) is 61.2 Å². The summed E-state index contributed by atoms with van der Waals surface area (Å²) >= 11 is 9.72. The Hall–Kier alpha value is -0.740. The molecule has 2 rings (SSSR count). The highest BCUT2D eigenvalue weighted by Crippen LogP contribution is 2.30. The predicted molar refractivity (Wildman–Crippen MR) is 97.8 cm³/mol. The Morgan fingerprint density at radius 3 is 2.57 bits per heavy atom. The number of carbonyl (C=O) groups excluding carboxylic acids is 1. The smallest absolute Gasteiger partial charge is 0.410 e. The van der Waals surface area contributed by atoms with Gasteiger partial charge in [-0.15, -0.1) is 0 Å². The molecule has 1 fully saturated rings. The molecule has 1 saturated carbocycles. The first-order chi connectivity index (χ1) is 10.8. The predicted octanol–water partition coefficient (Wildman–Crippen LogP) is 6.17. The Labute approximate surface area is 152 Å². The molecule has 1 aromatic carbocycles. The molecule has 23 heavy (non-hydrogen) atoms. The fourth-order valence-electron chi connectivity index (χ4n) is 2.91. The fraction of sp³-hybridized carbons (Fsp3) is 0.611. The van der Waals surface area contributed by atoms with Gasteiger partial charge in [-0.1, -0.05) is 43.0 Å². The molecule has 0 heterocycles. The number of rotatable bonds is 3. The maximum absolute atomic E-state index is 12.7. The average Bonchev–Trinajstić information content (AvgIpc) is 2.48. The molecule has 0 saturated heterocycles. The van der Waals surface area contributed by atoms with Crippen LogP contribution < -0.4 is 0 Å². The van der Waals surface area contributed by atoms with Crippen LogP contribution in [0.1, 0.15) is 58.4 Å². The number of amides is 1. The van der Waals surface area contributed by atoms with Crippen molar-refractivity contribution in [3.63, 3.8) is 0 Å². The van der Waals surface area contributed by atoms with Gasteiger partial charge in [0.1, 0.15) is 5.60 Å². The minimum Gasteiger partial charge on any atom is -0.444 e. The Morgan fingerprint density at radius 2 is 1.96 bits per heavy atom. The maximum Gasteiger partial charge on any atom is 0.410 e. The van der Waals surface area contributed by atoms with Gasteiger partial charge < -0.3 is 9.64 Å². The Balaban J connectivity index is 2.22. The molecule has 0 N–H and O–H groups in total. The second-order valence-electron chi connectivity index (χ2n) is 7.11. The summed E-state index contributed by atoms with van der Waals surface area (Å²) in [5, 5.41) is 0.662. The maximum atomic E-state index is 12.7. The first-order valence-electron chi connectivity index (χ1n) is 8.20. The van der Waals surface area contributed by atoms with Crippen molar-refractivity contribution < 1.29 is 9.53 Å². The monoisotopic (exact) mass is 401 g/mol. The molecule has 1 aliphatic carbocycles. The molecule has 0 aromatic heterocycles. The molecule has 0 aliphatic heterocycles. The molecular weight excluding hydrogens is 378 g/mol. The van der Waals surface area contributed by atoms with E-state index in [-0.39, 0.29) is 12.1 Å². The van der Waals surface area contributed by atoms with Gasteiger partial charge in [0.15, 0.2) is 0 Å². The first kappa shape index (κ1) is 18.6. The van der Waals surface area contributed by atoms with Crippen LogP contribution in [0, 0.1) is 0 Å². The number of nitrogens with zero attached hydrogens (tertiary/aromatic N) is 1. The number of ether oxygens (including phenoxy) is 1.